The number of aromatic nitrogens is 2. The van der Waals surface area contributed by atoms with Crippen LogP contribution in [0.1, 0.15) is 18.4 Å². The van der Waals surface area contributed by atoms with Crippen LogP contribution in [-0.4, -0.2) is 66.6 Å². The Hall–Kier alpha value is -4.21. The predicted molar refractivity (Wildman–Crippen MR) is 156 cm³/mol. The highest BCUT2D eigenvalue weighted by Gasteiger charge is 2.22. The highest BCUT2D eigenvalue weighted by Crippen LogP contribution is 2.32. The maximum atomic E-state index is 12.4. The van der Waals surface area contributed by atoms with Crippen molar-refractivity contribution < 1.29 is 14.3 Å². The first-order valence-electron chi connectivity index (χ1n) is 13.8. The standard InChI is InChI=1S/C31H34N6O3/c1-36-16-18-37(19-17-36)31-34-27-14-13-25(20-26(27)30(35-31)39-21-22-6-3-2-4-7-22)40-24-11-9-23(10-12-24)33-29(38)28-8-5-15-32-28/h2-4,6-7,9-14,20,28,32H,5,8,15-19,21H2,1H3,(H,33,38)/t28-/m0/s1. The van der Waals surface area contributed by atoms with Gasteiger partial charge in [-0.25, -0.2) is 4.98 Å². The highest BCUT2D eigenvalue weighted by atomic mass is 16.5. The molecule has 4 aromatic rings. The summed E-state index contributed by atoms with van der Waals surface area (Å²) in [5.41, 5.74) is 2.61. The molecule has 3 heterocycles. The molecule has 1 atom stereocenters. The smallest absolute Gasteiger partial charge is 0.241 e. The molecule has 0 spiro atoms. The van der Waals surface area contributed by atoms with Crippen molar-refractivity contribution in [1.82, 2.24) is 20.2 Å². The van der Waals surface area contributed by atoms with Crippen LogP contribution >= 0.6 is 0 Å². The maximum absolute atomic E-state index is 12.4. The van der Waals surface area contributed by atoms with Crippen molar-refractivity contribution in [2.75, 3.05) is 50.0 Å². The van der Waals surface area contributed by atoms with Gasteiger partial charge < -0.3 is 29.9 Å². The number of rotatable bonds is 8. The minimum atomic E-state index is -0.120. The third kappa shape index (κ3) is 6.16. The van der Waals surface area contributed by atoms with Gasteiger partial charge in [-0.2, -0.15) is 4.98 Å². The fourth-order valence-electron chi connectivity index (χ4n) is 5.00. The molecule has 3 aromatic carbocycles. The Labute approximate surface area is 234 Å². The minimum Gasteiger partial charge on any atom is -0.472 e. The van der Waals surface area contributed by atoms with Crippen LogP contribution in [0.4, 0.5) is 11.6 Å². The van der Waals surface area contributed by atoms with Crippen molar-refractivity contribution >= 4 is 28.4 Å². The van der Waals surface area contributed by atoms with Crippen molar-refractivity contribution in [3.8, 4) is 17.4 Å². The van der Waals surface area contributed by atoms with Crippen molar-refractivity contribution in [2.24, 2.45) is 0 Å². The van der Waals surface area contributed by atoms with Crippen molar-refractivity contribution in [1.29, 1.82) is 0 Å². The Bertz CT molecular complexity index is 1450. The van der Waals surface area contributed by atoms with Gasteiger partial charge >= 0.3 is 0 Å². The molecule has 0 bridgehead atoms. The molecule has 2 aliphatic heterocycles. The van der Waals surface area contributed by atoms with Gasteiger partial charge in [-0.05, 0) is 74.5 Å². The van der Waals surface area contributed by atoms with Gasteiger partial charge in [-0.3, -0.25) is 4.79 Å². The molecular weight excluding hydrogens is 504 g/mol. The molecule has 1 amide bonds. The molecule has 0 aliphatic carbocycles. The summed E-state index contributed by atoms with van der Waals surface area (Å²) in [5, 5.41) is 6.98. The number of hydrogen-bond acceptors (Lipinski definition) is 8. The van der Waals surface area contributed by atoms with E-state index in [1.807, 2.05) is 72.8 Å². The summed E-state index contributed by atoms with van der Waals surface area (Å²) in [6, 6.07) is 23.1. The second-order valence-electron chi connectivity index (χ2n) is 10.3. The van der Waals surface area contributed by atoms with Crippen LogP contribution in [0.5, 0.6) is 17.4 Å². The van der Waals surface area contributed by atoms with E-state index in [0.29, 0.717) is 29.9 Å². The summed E-state index contributed by atoms with van der Waals surface area (Å²) in [6.07, 6.45) is 1.89. The summed E-state index contributed by atoms with van der Waals surface area (Å²) < 4.78 is 12.4. The average molecular weight is 539 g/mol. The Kier molecular flexibility index (Phi) is 7.74. The van der Waals surface area contributed by atoms with Gasteiger partial charge in [0, 0.05) is 31.9 Å². The molecule has 0 saturated carbocycles. The lowest BCUT2D eigenvalue weighted by atomic mass is 10.2. The van der Waals surface area contributed by atoms with Gasteiger partial charge in [-0.1, -0.05) is 30.3 Å². The monoisotopic (exact) mass is 538 g/mol. The number of ether oxygens (including phenoxy) is 2. The zero-order valence-electron chi connectivity index (χ0n) is 22.7. The van der Waals surface area contributed by atoms with E-state index in [1.54, 1.807) is 0 Å². The molecule has 2 aliphatic rings. The molecule has 0 unspecified atom stereocenters. The summed E-state index contributed by atoms with van der Waals surface area (Å²) in [7, 11) is 2.13. The normalized spacial score (nSPS) is 17.6. The number of anilines is 2. The van der Waals surface area contributed by atoms with E-state index in [-0.39, 0.29) is 11.9 Å². The first kappa shape index (κ1) is 26.0. The largest absolute Gasteiger partial charge is 0.472 e. The van der Waals surface area contributed by atoms with Gasteiger partial charge in [0.25, 0.3) is 0 Å². The van der Waals surface area contributed by atoms with E-state index in [9.17, 15) is 4.79 Å². The number of piperazine rings is 1. The molecule has 2 N–H and O–H groups in total. The average Bonchev–Trinajstić information content (AvgIpc) is 3.53. The van der Waals surface area contributed by atoms with Gasteiger partial charge in [0.2, 0.25) is 17.7 Å². The summed E-state index contributed by atoms with van der Waals surface area (Å²) in [5.74, 6) is 2.53. The van der Waals surface area contributed by atoms with Gasteiger partial charge in [0.05, 0.1) is 16.9 Å². The zero-order chi connectivity index (χ0) is 27.3. The van der Waals surface area contributed by atoms with Gasteiger partial charge in [-0.15, -0.1) is 0 Å². The Morgan fingerprint density at radius 3 is 2.50 bits per heavy atom. The van der Waals surface area contributed by atoms with Crippen molar-refractivity contribution in [3.63, 3.8) is 0 Å². The number of likely N-dealkylation sites (N-methyl/N-ethyl adjacent to an activating group) is 1. The second kappa shape index (κ2) is 11.9. The Morgan fingerprint density at radius 1 is 0.975 bits per heavy atom. The summed E-state index contributed by atoms with van der Waals surface area (Å²) in [6.45, 7) is 4.97. The van der Waals surface area contributed by atoms with Crippen LogP contribution < -0.4 is 25.0 Å². The SMILES string of the molecule is CN1CCN(c2nc(OCc3ccccc3)c3cc(Oc4ccc(NC(=O)[C@@H]5CCCN5)cc4)ccc3n2)CC1. The summed E-state index contributed by atoms with van der Waals surface area (Å²) >= 11 is 0. The first-order chi connectivity index (χ1) is 19.6. The van der Waals surface area contributed by atoms with Crippen LogP contribution in [0.3, 0.4) is 0 Å². The van der Waals surface area contributed by atoms with Crippen LogP contribution in [0.25, 0.3) is 10.9 Å². The van der Waals surface area contributed by atoms with Crippen LogP contribution in [-0.2, 0) is 11.4 Å². The van der Waals surface area contributed by atoms with E-state index < -0.39 is 0 Å². The first-order valence-corrected chi connectivity index (χ1v) is 13.8. The third-order valence-electron chi connectivity index (χ3n) is 7.36. The third-order valence-corrected chi connectivity index (χ3v) is 7.36. The minimum absolute atomic E-state index is 0.000303. The summed E-state index contributed by atoms with van der Waals surface area (Å²) in [4.78, 5) is 26.6. The molecule has 2 saturated heterocycles. The predicted octanol–water partition coefficient (Wildman–Crippen LogP) is 4.44. The molecule has 2 fully saturated rings. The number of amides is 1. The highest BCUT2D eigenvalue weighted by molar-refractivity contribution is 5.95. The maximum Gasteiger partial charge on any atom is 0.241 e. The van der Waals surface area contributed by atoms with Crippen LogP contribution in [0.2, 0.25) is 0 Å². The Balaban J connectivity index is 1.22. The topological polar surface area (TPSA) is 91.9 Å². The van der Waals surface area contributed by atoms with Crippen LogP contribution in [0.15, 0.2) is 72.8 Å². The van der Waals surface area contributed by atoms with E-state index in [4.69, 9.17) is 19.4 Å². The lowest BCUT2D eigenvalue weighted by Crippen LogP contribution is -2.45. The lowest BCUT2D eigenvalue weighted by Gasteiger charge is -2.32. The Morgan fingerprint density at radius 2 is 1.75 bits per heavy atom. The van der Waals surface area contributed by atoms with E-state index >= 15 is 0 Å². The van der Waals surface area contributed by atoms with E-state index in [1.165, 1.54) is 0 Å². The number of carbonyl (C=O) groups is 1. The zero-order valence-corrected chi connectivity index (χ0v) is 22.7. The van der Waals surface area contributed by atoms with Gasteiger partial charge in [0.1, 0.15) is 18.1 Å². The van der Waals surface area contributed by atoms with E-state index in [2.05, 4.69) is 27.5 Å². The van der Waals surface area contributed by atoms with Gasteiger partial charge in [0.15, 0.2) is 0 Å². The van der Waals surface area contributed by atoms with E-state index in [0.717, 1.165) is 67.7 Å². The molecule has 0 radical (unpaired) electrons. The molecule has 9 heteroatoms. The fourth-order valence-corrected chi connectivity index (χ4v) is 5.00. The molecule has 206 valence electrons. The number of benzene rings is 3. The number of nitrogens with one attached hydrogen (secondary N) is 2. The number of carbonyl (C=O) groups excluding carboxylic acids is 1. The number of hydrogen-bond donors (Lipinski definition) is 2. The molecule has 40 heavy (non-hydrogen) atoms. The molecule has 6 rings (SSSR count). The molecule has 9 nitrogen and oxygen atoms in total. The lowest BCUT2D eigenvalue weighted by molar-refractivity contribution is -0.117. The number of fused-ring (bicyclic) bond motifs is 1. The fraction of sp³-hybridized carbons (Fsp3) is 0.323. The quantitative estimate of drug-likeness (QED) is 0.340. The van der Waals surface area contributed by atoms with Crippen LogP contribution in [0, 0.1) is 0 Å². The molecular formula is C31H34N6O3. The van der Waals surface area contributed by atoms with Crippen molar-refractivity contribution in [3.05, 3.63) is 78.4 Å². The second-order valence-corrected chi connectivity index (χ2v) is 10.3. The van der Waals surface area contributed by atoms with Crippen molar-refractivity contribution in [2.45, 2.75) is 25.5 Å². The number of nitrogens with zero attached hydrogens (tertiary/aromatic N) is 4. The molecule has 1 aromatic heterocycles.